The van der Waals surface area contributed by atoms with E-state index in [4.69, 9.17) is 37.0 Å². The van der Waals surface area contributed by atoms with Crippen LogP contribution < -0.4 is 0 Å². The van der Waals surface area contributed by atoms with Crippen LogP contribution in [0.4, 0.5) is 0 Å². The molecule has 5 atom stereocenters. The molecule has 17 nitrogen and oxygen atoms in total. The molecule has 3 N–H and O–H groups in total. The normalized spacial score (nSPS) is 14.1. The zero-order valence-corrected chi connectivity index (χ0v) is 64.6. The fourth-order valence-corrected chi connectivity index (χ4v) is 13.4. The van der Waals surface area contributed by atoms with Gasteiger partial charge in [0.2, 0.25) is 0 Å². The fraction of sp³-hybridized carbons (Fsp3) is 0.948. The Balaban J connectivity index is 5.20. The smallest absolute Gasteiger partial charge is 0.462 e. The van der Waals surface area contributed by atoms with E-state index in [-0.39, 0.29) is 25.7 Å². The number of esters is 4. The predicted octanol–water partition coefficient (Wildman–Crippen LogP) is 22.6. The Morgan fingerprint density at radius 2 is 0.479 bits per heavy atom. The Morgan fingerprint density at radius 1 is 0.281 bits per heavy atom. The van der Waals surface area contributed by atoms with Crippen molar-refractivity contribution in [2.24, 2.45) is 17.8 Å². The van der Waals surface area contributed by atoms with Gasteiger partial charge in [-0.25, -0.2) is 9.13 Å². The minimum Gasteiger partial charge on any atom is -0.462 e. The molecule has 96 heavy (non-hydrogen) atoms. The number of unbranched alkanes of at least 4 members (excludes halogenated alkanes) is 43. The molecule has 19 heteroatoms. The molecule has 0 bridgehead atoms. The van der Waals surface area contributed by atoms with Gasteiger partial charge in [-0.15, -0.1) is 0 Å². The molecule has 570 valence electrons. The molecule has 0 aliphatic heterocycles. The van der Waals surface area contributed by atoms with Crippen LogP contribution in [-0.4, -0.2) is 96.7 Å². The van der Waals surface area contributed by atoms with Crippen LogP contribution in [0.1, 0.15) is 395 Å². The molecular weight excluding hydrogens is 1260 g/mol. The molecule has 0 aliphatic rings. The van der Waals surface area contributed by atoms with Crippen LogP contribution in [0.2, 0.25) is 0 Å². The van der Waals surface area contributed by atoms with Gasteiger partial charge in [-0.2, -0.15) is 0 Å². The Labute approximate surface area is 588 Å². The first-order chi connectivity index (χ1) is 46.2. The summed E-state index contributed by atoms with van der Waals surface area (Å²) in [5, 5.41) is 10.6. The van der Waals surface area contributed by atoms with Gasteiger partial charge >= 0.3 is 39.5 Å². The van der Waals surface area contributed by atoms with Crippen LogP contribution in [0.15, 0.2) is 0 Å². The topological polar surface area (TPSA) is 237 Å². The number of carbonyl (C=O) groups excluding carboxylic acids is 4. The van der Waals surface area contributed by atoms with E-state index >= 15 is 0 Å². The van der Waals surface area contributed by atoms with E-state index in [0.29, 0.717) is 37.5 Å². The first kappa shape index (κ1) is 94.1. The molecule has 0 amide bonds. The van der Waals surface area contributed by atoms with Crippen molar-refractivity contribution in [1.29, 1.82) is 0 Å². The largest absolute Gasteiger partial charge is 0.472 e. The first-order valence-electron chi connectivity index (χ1n) is 39.8. The quantitative estimate of drug-likeness (QED) is 0.0222. The molecule has 0 radical (unpaired) electrons. The average molecular weight is 1410 g/mol. The van der Waals surface area contributed by atoms with Crippen molar-refractivity contribution in [1.82, 2.24) is 0 Å². The van der Waals surface area contributed by atoms with Gasteiger partial charge in [-0.3, -0.25) is 37.3 Å². The molecule has 0 aromatic rings. The van der Waals surface area contributed by atoms with E-state index < -0.39 is 97.5 Å². The number of aliphatic hydroxyl groups is 1. The SMILES string of the molecule is CCCCCCCCCCCCCCCCCCCCCCCC(=O)O[C@H](COC(=O)CCCCCCCCCCCCCCC(C)C)COP(=O)(O)OC[C@@H](O)COP(=O)(O)OC[C@@H](COC(=O)CCCCCCCCCC(C)C)OC(=O)CCCCCCCCCC(C)C. The summed E-state index contributed by atoms with van der Waals surface area (Å²) in [5.41, 5.74) is 0. The highest BCUT2D eigenvalue weighted by Gasteiger charge is 2.30. The van der Waals surface area contributed by atoms with Crippen LogP contribution in [-0.2, 0) is 65.4 Å². The Bertz CT molecular complexity index is 1870. The summed E-state index contributed by atoms with van der Waals surface area (Å²) in [7, 11) is -9.91. The van der Waals surface area contributed by atoms with Gasteiger partial charge in [0.25, 0.3) is 0 Å². The van der Waals surface area contributed by atoms with Crippen molar-refractivity contribution in [3.8, 4) is 0 Å². The molecule has 0 aliphatic carbocycles. The van der Waals surface area contributed by atoms with Crippen LogP contribution >= 0.6 is 15.6 Å². The van der Waals surface area contributed by atoms with Gasteiger partial charge in [0.1, 0.15) is 19.3 Å². The summed E-state index contributed by atoms with van der Waals surface area (Å²) >= 11 is 0. The van der Waals surface area contributed by atoms with Gasteiger partial charge in [0.15, 0.2) is 12.2 Å². The van der Waals surface area contributed by atoms with Gasteiger partial charge in [0, 0.05) is 25.7 Å². The summed E-state index contributed by atoms with van der Waals surface area (Å²) < 4.78 is 68.5. The number of hydrogen-bond donors (Lipinski definition) is 3. The summed E-state index contributed by atoms with van der Waals surface area (Å²) in [5.74, 6) is 0.0609. The number of hydrogen-bond acceptors (Lipinski definition) is 15. The fourth-order valence-electron chi connectivity index (χ4n) is 11.8. The van der Waals surface area contributed by atoms with E-state index in [0.717, 1.165) is 102 Å². The lowest BCUT2D eigenvalue weighted by molar-refractivity contribution is -0.161. The van der Waals surface area contributed by atoms with Gasteiger partial charge in [-0.05, 0) is 43.4 Å². The monoisotopic (exact) mass is 1410 g/mol. The Hall–Kier alpha value is -1.94. The summed E-state index contributed by atoms with van der Waals surface area (Å²) in [6, 6.07) is 0. The molecule has 0 aromatic carbocycles. The maximum Gasteiger partial charge on any atom is 0.472 e. The van der Waals surface area contributed by atoms with E-state index in [1.54, 1.807) is 0 Å². The Morgan fingerprint density at radius 3 is 0.708 bits per heavy atom. The molecule has 2 unspecified atom stereocenters. The second-order valence-electron chi connectivity index (χ2n) is 29.2. The van der Waals surface area contributed by atoms with E-state index in [1.807, 2.05) is 0 Å². The third kappa shape index (κ3) is 70.5. The first-order valence-corrected chi connectivity index (χ1v) is 42.8. The van der Waals surface area contributed by atoms with Crippen LogP contribution in [0, 0.1) is 17.8 Å². The third-order valence-electron chi connectivity index (χ3n) is 17.9. The maximum atomic E-state index is 13.1. The lowest BCUT2D eigenvalue weighted by atomic mass is 10.0. The van der Waals surface area contributed by atoms with Crippen molar-refractivity contribution < 1.29 is 80.2 Å². The third-order valence-corrected chi connectivity index (χ3v) is 19.8. The molecule has 0 rings (SSSR count). The molecule has 0 saturated heterocycles. The second kappa shape index (κ2) is 67.5. The van der Waals surface area contributed by atoms with E-state index in [1.165, 1.54) is 199 Å². The van der Waals surface area contributed by atoms with E-state index in [9.17, 15) is 43.2 Å². The zero-order chi connectivity index (χ0) is 70.9. The lowest BCUT2D eigenvalue weighted by Gasteiger charge is -2.21. The Kier molecular flexibility index (Phi) is 66.2. The summed E-state index contributed by atoms with van der Waals surface area (Å²) in [6.45, 7) is 11.8. The molecule has 0 saturated carbocycles. The van der Waals surface area contributed by atoms with Crippen molar-refractivity contribution in [2.75, 3.05) is 39.6 Å². The van der Waals surface area contributed by atoms with Crippen molar-refractivity contribution in [3.05, 3.63) is 0 Å². The average Bonchev–Trinajstić information content (AvgIpc) is 1.63. The summed E-state index contributed by atoms with van der Waals surface area (Å²) in [6.07, 6.45) is 54.5. The molecule has 0 aromatic heterocycles. The number of phosphoric ester groups is 2. The van der Waals surface area contributed by atoms with Crippen molar-refractivity contribution in [2.45, 2.75) is 414 Å². The molecular formula is C77H150O17P2. The van der Waals surface area contributed by atoms with Crippen molar-refractivity contribution >= 4 is 39.5 Å². The molecule has 0 fully saturated rings. The minimum absolute atomic E-state index is 0.103. The van der Waals surface area contributed by atoms with E-state index in [2.05, 4.69) is 48.5 Å². The van der Waals surface area contributed by atoms with Crippen molar-refractivity contribution in [3.63, 3.8) is 0 Å². The zero-order valence-electron chi connectivity index (χ0n) is 62.8. The second-order valence-corrected chi connectivity index (χ2v) is 32.1. The number of ether oxygens (including phenoxy) is 4. The standard InChI is InChI=1S/C77H150O17P2/c1-8-9-10-11-12-13-14-15-16-17-18-19-20-21-22-23-28-31-38-46-53-60-76(81)93-72(64-87-74(79)58-51-44-37-30-27-25-24-26-29-34-41-48-55-68(2)3)66-91-95(83,84)89-62-71(78)63-90-96(85,86)92-67-73(94-77(82)61-54-47-40-33-36-43-50-57-70(6)7)65-88-75(80)59-52-45-39-32-35-42-49-56-69(4)5/h68-73,78H,8-67H2,1-7H3,(H,83,84)(H,85,86)/t71-,72-,73-/m1/s1. The number of aliphatic hydroxyl groups excluding tert-OH is 1. The minimum atomic E-state index is -4.96. The maximum absolute atomic E-state index is 13.1. The number of phosphoric acid groups is 2. The summed E-state index contributed by atoms with van der Waals surface area (Å²) in [4.78, 5) is 72.8. The highest BCUT2D eigenvalue weighted by Crippen LogP contribution is 2.45. The molecule has 0 heterocycles. The van der Waals surface area contributed by atoms with Crippen LogP contribution in [0.3, 0.4) is 0 Å². The van der Waals surface area contributed by atoms with Crippen LogP contribution in [0.25, 0.3) is 0 Å². The van der Waals surface area contributed by atoms with Gasteiger partial charge in [-0.1, -0.05) is 344 Å². The van der Waals surface area contributed by atoms with Gasteiger partial charge < -0.3 is 33.8 Å². The molecule has 0 spiro atoms. The highest BCUT2D eigenvalue weighted by molar-refractivity contribution is 7.47. The highest BCUT2D eigenvalue weighted by atomic mass is 31.2. The lowest BCUT2D eigenvalue weighted by Crippen LogP contribution is -2.30. The number of rotatable bonds is 75. The van der Waals surface area contributed by atoms with Gasteiger partial charge in [0.05, 0.1) is 26.4 Å². The predicted molar refractivity (Wildman–Crippen MR) is 391 cm³/mol. The number of carbonyl (C=O) groups is 4. The van der Waals surface area contributed by atoms with Crippen LogP contribution in [0.5, 0.6) is 0 Å².